The van der Waals surface area contributed by atoms with Gasteiger partial charge in [-0.1, -0.05) is 23.7 Å². The van der Waals surface area contributed by atoms with Crippen molar-refractivity contribution in [3.63, 3.8) is 0 Å². The van der Waals surface area contributed by atoms with Crippen molar-refractivity contribution >= 4 is 29.4 Å². The molecule has 9 heteroatoms. The fourth-order valence-electron chi connectivity index (χ4n) is 1.86. The van der Waals surface area contributed by atoms with Gasteiger partial charge in [-0.05, 0) is 30.7 Å². The predicted molar refractivity (Wildman–Crippen MR) is 83.7 cm³/mol. The lowest BCUT2D eigenvalue weighted by atomic mass is 10.1. The number of hydrogen-bond donors (Lipinski definition) is 1. The highest BCUT2D eigenvalue weighted by molar-refractivity contribution is 6.30. The molecule has 24 heavy (non-hydrogen) atoms. The van der Waals surface area contributed by atoms with Crippen molar-refractivity contribution in [2.45, 2.75) is 13.0 Å². The number of amides is 1. The van der Waals surface area contributed by atoms with Crippen LogP contribution in [0.3, 0.4) is 0 Å². The Bertz CT molecular complexity index is 756. The minimum atomic E-state index is -0.961. The summed E-state index contributed by atoms with van der Waals surface area (Å²) in [7, 11) is 0. The number of ether oxygens (including phenoxy) is 1. The lowest BCUT2D eigenvalue weighted by Crippen LogP contribution is -2.31. The molecule has 1 atom stereocenters. The van der Waals surface area contributed by atoms with Crippen molar-refractivity contribution in [3.05, 3.63) is 62.9 Å². The van der Waals surface area contributed by atoms with E-state index >= 15 is 0 Å². The number of benzene rings is 1. The fraction of sp³-hybridized carbons (Fsp3) is 0.200. The summed E-state index contributed by atoms with van der Waals surface area (Å²) in [6, 6.07) is 8.75. The molecule has 0 fully saturated rings. The third-order valence-corrected chi connectivity index (χ3v) is 3.31. The van der Waals surface area contributed by atoms with E-state index in [-0.39, 0.29) is 11.8 Å². The number of nitrogens with zero attached hydrogens (tertiary/aromatic N) is 1. The van der Waals surface area contributed by atoms with Crippen molar-refractivity contribution in [3.8, 4) is 0 Å². The molecule has 0 aliphatic heterocycles. The molecule has 1 amide bonds. The highest BCUT2D eigenvalue weighted by Gasteiger charge is 2.19. The van der Waals surface area contributed by atoms with Gasteiger partial charge in [0.25, 0.3) is 5.91 Å². The summed E-state index contributed by atoms with van der Waals surface area (Å²) in [5.74, 6) is -2.41. The molecule has 8 nitrogen and oxygen atoms in total. The van der Waals surface area contributed by atoms with Crippen molar-refractivity contribution in [1.82, 2.24) is 5.32 Å². The van der Waals surface area contributed by atoms with Crippen LogP contribution in [-0.2, 0) is 9.53 Å². The van der Waals surface area contributed by atoms with Gasteiger partial charge < -0.3 is 14.5 Å². The average Bonchev–Trinajstić information content (AvgIpc) is 3.03. The molecule has 0 unspecified atom stereocenters. The number of nitro groups is 1. The molecular weight excluding hydrogens is 340 g/mol. The molecule has 126 valence electrons. The molecule has 0 saturated carbocycles. The Labute approximate surface area is 141 Å². The molecule has 2 rings (SSSR count). The van der Waals surface area contributed by atoms with Gasteiger partial charge in [-0.3, -0.25) is 14.9 Å². The third-order valence-electron chi connectivity index (χ3n) is 3.05. The molecule has 1 aromatic heterocycles. The summed E-state index contributed by atoms with van der Waals surface area (Å²) < 4.78 is 9.43. The average molecular weight is 353 g/mol. The van der Waals surface area contributed by atoms with Crippen LogP contribution < -0.4 is 5.32 Å². The van der Waals surface area contributed by atoms with Crippen LogP contribution in [0.5, 0.6) is 0 Å². The summed E-state index contributed by atoms with van der Waals surface area (Å²) in [4.78, 5) is 33.1. The second kappa shape index (κ2) is 7.60. The number of carbonyl (C=O) groups excluding carboxylic acids is 2. The first-order valence-electron chi connectivity index (χ1n) is 6.83. The van der Waals surface area contributed by atoms with Gasteiger partial charge in [-0.25, -0.2) is 4.79 Å². The van der Waals surface area contributed by atoms with E-state index in [1.54, 1.807) is 31.2 Å². The number of nitrogens with one attached hydrogen (secondary N) is 1. The minimum absolute atomic E-state index is 0.307. The maximum atomic E-state index is 11.8. The second-order valence-corrected chi connectivity index (χ2v) is 5.25. The van der Waals surface area contributed by atoms with Crippen LogP contribution in [0.4, 0.5) is 5.88 Å². The van der Waals surface area contributed by atoms with Gasteiger partial charge in [0.2, 0.25) is 5.76 Å². The monoisotopic (exact) mass is 352 g/mol. The number of carbonyl (C=O) groups is 2. The van der Waals surface area contributed by atoms with Crippen LogP contribution in [0.1, 0.15) is 29.1 Å². The molecule has 2 aromatic rings. The Kier molecular flexibility index (Phi) is 5.54. The van der Waals surface area contributed by atoms with Gasteiger partial charge in [-0.2, -0.15) is 0 Å². The number of hydrogen-bond acceptors (Lipinski definition) is 6. The molecular formula is C15H13ClN2O6. The molecule has 1 N–H and O–H groups in total. The number of halogens is 1. The Hall–Kier alpha value is -2.87. The third kappa shape index (κ3) is 4.56. The van der Waals surface area contributed by atoms with Gasteiger partial charge >= 0.3 is 11.9 Å². The van der Waals surface area contributed by atoms with Gasteiger partial charge in [0, 0.05) is 5.02 Å². The maximum absolute atomic E-state index is 11.8. The first kappa shape index (κ1) is 17.5. The van der Waals surface area contributed by atoms with E-state index in [4.69, 9.17) is 16.3 Å². The van der Waals surface area contributed by atoms with Crippen LogP contribution in [0.15, 0.2) is 40.8 Å². The van der Waals surface area contributed by atoms with Crippen LogP contribution in [0.2, 0.25) is 5.02 Å². The van der Waals surface area contributed by atoms with Crippen LogP contribution >= 0.6 is 11.6 Å². The van der Waals surface area contributed by atoms with E-state index in [0.29, 0.717) is 5.02 Å². The number of rotatable bonds is 6. The predicted octanol–water partition coefficient (Wildman–Crippen LogP) is 2.88. The highest BCUT2D eigenvalue weighted by atomic mass is 35.5. The Morgan fingerprint density at radius 3 is 2.54 bits per heavy atom. The lowest BCUT2D eigenvalue weighted by Gasteiger charge is -2.14. The molecule has 0 aliphatic carbocycles. The smallest absolute Gasteiger partial charge is 0.433 e. The molecule has 0 bridgehead atoms. The summed E-state index contributed by atoms with van der Waals surface area (Å²) in [6.45, 7) is 1.23. The minimum Gasteiger partial charge on any atom is -0.450 e. The van der Waals surface area contributed by atoms with E-state index in [0.717, 1.165) is 17.7 Å². The summed E-state index contributed by atoms with van der Waals surface area (Å²) in [5.41, 5.74) is 0.834. The quantitative estimate of drug-likeness (QED) is 0.486. The van der Waals surface area contributed by atoms with Gasteiger partial charge in [0.1, 0.15) is 4.92 Å². The normalized spacial score (nSPS) is 11.6. The maximum Gasteiger partial charge on any atom is 0.433 e. The second-order valence-electron chi connectivity index (χ2n) is 4.81. The van der Waals surface area contributed by atoms with Crippen molar-refractivity contribution in [1.29, 1.82) is 0 Å². The first-order chi connectivity index (χ1) is 11.4. The largest absolute Gasteiger partial charge is 0.450 e. The van der Waals surface area contributed by atoms with E-state index in [9.17, 15) is 19.7 Å². The zero-order chi connectivity index (χ0) is 17.7. The van der Waals surface area contributed by atoms with Crippen molar-refractivity contribution in [2.24, 2.45) is 0 Å². The molecule has 0 saturated heterocycles. The summed E-state index contributed by atoms with van der Waals surface area (Å²) >= 11 is 5.79. The molecule has 0 radical (unpaired) electrons. The lowest BCUT2D eigenvalue weighted by molar-refractivity contribution is -0.402. The van der Waals surface area contributed by atoms with Gasteiger partial charge in [-0.15, -0.1) is 0 Å². The van der Waals surface area contributed by atoms with Crippen LogP contribution in [0.25, 0.3) is 0 Å². The van der Waals surface area contributed by atoms with Gasteiger partial charge in [0.15, 0.2) is 6.61 Å². The molecule has 1 heterocycles. The van der Waals surface area contributed by atoms with Crippen LogP contribution in [0, 0.1) is 10.1 Å². The summed E-state index contributed by atoms with van der Waals surface area (Å²) in [5, 5.41) is 13.7. The fourth-order valence-corrected chi connectivity index (χ4v) is 1.98. The van der Waals surface area contributed by atoms with Crippen molar-refractivity contribution in [2.75, 3.05) is 6.61 Å². The Morgan fingerprint density at radius 2 is 1.96 bits per heavy atom. The topological polar surface area (TPSA) is 112 Å². The van der Waals surface area contributed by atoms with Gasteiger partial charge in [0.05, 0.1) is 12.1 Å². The Morgan fingerprint density at radius 1 is 1.29 bits per heavy atom. The van der Waals surface area contributed by atoms with Crippen LogP contribution in [-0.4, -0.2) is 23.4 Å². The zero-order valence-corrected chi connectivity index (χ0v) is 13.3. The SMILES string of the molecule is C[C@@H](NC(=O)COC(=O)c1ccc([N+](=O)[O-])o1)c1ccc(Cl)cc1. The summed E-state index contributed by atoms with van der Waals surface area (Å²) in [6.07, 6.45) is 0. The molecule has 0 spiro atoms. The molecule has 0 aliphatic rings. The van der Waals surface area contributed by atoms with E-state index in [2.05, 4.69) is 9.73 Å². The first-order valence-corrected chi connectivity index (χ1v) is 7.21. The van der Waals surface area contributed by atoms with E-state index < -0.39 is 29.3 Å². The number of esters is 1. The zero-order valence-electron chi connectivity index (χ0n) is 12.5. The number of furan rings is 1. The molecule has 1 aromatic carbocycles. The highest BCUT2D eigenvalue weighted by Crippen LogP contribution is 2.17. The standard InChI is InChI=1S/C15H13ClN2O6/c1-9(10-2-4-11(16)5-3-10)17-13(19)8-23-15(20)12-6-7-14(24-12)18(21)22/h2-7,9H,8H2,1H3,(H,17,19)/t9-/m1/s1. The van der Waals surface area contributed by atoms with E-state index in [1.165, 1.54) is 0 Å². The van der Waals surface area contributed by atoms with E-state index in [1.807, 2.05) is 0 Å². The Balaban J connectivity index is 1.84. The van der Waals surface area contributed by atoms with Crippen molar-refractivity contribution < 1.29 is 23.7 Å².